The smallest absolute Gasteiger partial charge is 0.271 e. The minimum absolute atomic E-state index is 0.0286. The Hall–Kier alpha value is -3.38. The van der Waals surface area contributed by atoms with Gasteiger partial charge in [-0.3, -0.25) is 14.4 Å². The van der Waals surface area contributed by atoms with Crippen molar-refractivity contribution >= 4 is 28.5 Å². The van der Waals surface area contributed by atoms with E-state index >= 15 is 0 Å². The predicted octanol–water partition coefficient (Wildman–Crippen LogP) is 2.55. The maximum atomic E-state index is 13.7. The number of hydrogen-bond acceptors (Lipinski definition) is 6. The molecule has 1 saturated heterocycles. The number of benzene rings is 1. The largest absolute Gasteiger partial charge is 0.496 e. The summed E-state index contributed by atoms with van der Waals surface area (Å²) in [6.45, 7) is 0.487. The molecule has 9 nitrogen and oxygen atoms in total. The molecule has 9 heteroatoms. The van der Waals surface area contributed by atoms with Crippen molar-refractivity contribution in [1.82, 2.24) is 15.2 Å². The van der Waals surface area contributed by atoms with Gasteiger partial charge in [0, 0.05) is 29.8 Å². The van der Waals surface area contributed by atoms with E-state index in [-0.39, 0.29) is 41.8 Å². The maximum Gasteiger partial charge on any atom is 0.271 e. The number of rotatable bonds is 7. The minimum atomic E-state index is -1.42. The zero-order chi connectivity index (χ0) is 25.4. The molecular formula is C27H32N4O5. The Labute approximate surface area is 209 Å². The third-order valence-corrected chi connectivity index (χ3v) is 8.30. The summed E-state index contributed by atoms with van der Waals surface area (Å²) in [6.07, 6.45) is 3.61. The SMILES string of the molecule is COc1cccc2[nH]c(C(=O)N3C[C@@H]4CCC[C@@H]4[C@H]3C(=O)N[C@@H](C[C@@H]3CCCC3=O)C(O)C#N)cc12. The number of ether oxygens (including phenoxy) is 1. The van der Waals surface area contributed by atoms with E-state index in [9.17, 15) is 24.8 Å². The van der Waals surface area contributed by atoms with E-state index in [4.69, 9.17) is 4.74 Å². The molecule has 0 bridgehead atoms. The molecule has 3 fully saturated rings. The van der Waals surface area contributed by atoms with Gasteiger partial charge in [0.15, 0.2) is 6.10 Å². The number of aliphatic hydroxyl groups excluding tert-OH is 1. The molecule has 3 N–H and O–H groups in total. The third-order valence-electron chi connectivity index (χ3n) is 8.30. The van der Waals surface area contributed by atoms with Crippen LogP contribution in [0.4, 0.5) is 0 Å². The van der Waals surface area contributed by atoms with Crippen molar-refractivity contribution in [2.24, 2.45) is 17.8 Å². The monoisotopic (exact) mass is 492 g/mol. The van der Waals surface area contributed by atoms with Crippen molar-refractivity contribution in [1.29, 1.82) is 5.26 Å². The Kier molecular flexibility index (Phi) is 6.71. The number of likely N-dealkylation sites (tertiary alicyclic amines) is 1. The topological polar surface area (TPSA) is 136 Å². The zero-order valence-corrected chi connectivity index (χ0v) is 20.4. The number of nitrogens with zero attached hydrogens (tertiary/aromatic N) is 2. The van der Waals surface area contributed by atoms with Crippen molar-refractivity contribution in [3.8, 4) is 11.8 Å². The molecule has 1 unspecified atom stereocenters. The second kappa shape index (κ2) is 9.94. The first-order valence-electron chi connectivity index (χ1n) is 12.8. The number of aromatic nitrogens is 1. The number of amides is 2. The van der Waals surface area contributed by atoms with Crippen LogP contribution in [0.1, 0.15) is 55.4 Å². The fourth-order valence-corrected chi connectivity index (χ4v) is 6.49. The Morgan fingerprint density at radius 2 is 2.14 bits per heavy atom. The predicted molar refractivity (Wildman–Crippen MR) is 131 cm³/mol. The van der Waals surface area contributed by atoms with Crippen LogP contribution < -0.4 is 10.1 Å². The van der Waals surface area contributed by atoms with Gasteiger partial charge < -0.3 is 25.0 Å². The molecule has 2 aromatic rings. The van der Waals surface area contributed by atoms with Crippen LogP contribution >= 0.6 is 0 Å². The van der Waals surface area contributed by atoms with Crippen molar-refractivity contribution in [2.45, 2.75) is 63.1 Å². The Bertz CT molecular complexity index is 1220. The molecule has 1 aromatic heterocycles. The van der Waals surface area contributed by atoms with E-state index in [2.05, 4.69) is 10.3 Å². The number of aliphatic hydroxyl groups is 1. The molecule has 2 heterocycles. The van der Waals surface area contributed by atoms with Crippen LogP contribution in [0.25, 0.3) is 10.9 Å². The van der Waals surface area contributed by atoms with Gasteiger partial charge in [0.05, 0.1) is 19.2 Å². The lowest BCUT2D eigenvalue weighted by Gasteiger charge is -2.30. The number of hydrogen-bond donors (Lipinski definition) is 3. The first-order valence-corrected chi connectivity index (χ1v) is 12.8. The molecule has 1 aromatic carbocycles. The molecule has 0 spiro atoms. The van der Waals surface area contributed by atoms with Gasteiger partial charge in [-0.2, -0.15) is 5.26 Å². The first kappa shape index (κ1) is 24.3. The standard InChI is InChI=1S/C27H32N4O5/c1-36-24-10-4-8-19-18(24)12-21(29-19)27(35)31-14-16-6-2-7-17(16)25(31)26(34)30-20(23(33)13-28)11-15-5-3-9-22(15)32/h4,8,10,12,15-17,20,23,25,29,33H,2-3,5-7,9,11,14H2,1H3,(H,30,34)/t15-,16-,17-,20-,23?,25-/m0/s1. The number of fused-ring (bicyclic) bond motifs is 2. The highest BCUT2D eigenvalue weighted by Crippen LogP contribution is 2.43. The van der Waals surface area contributed by atoms with E-state index in [1.54, 1.807) is 18.1 Å². The first-order chi connectivity index (χ1) is 17.4. The quantitative estimate of drug-likeness (QED) is 0.508. The summed E-state index contributed by atoms with van der Waals surface area (Å²) in [6, 6.07) is 7.57. The van der Waals surface area contributed by atoms with Crippen LogP contribution in [-0.2, 0) is 9.59 Å². The Morgan fingerprint density at radius 1 is 1.31 bits per heavy atom. The molecule has 1 aliphatic heterocycles. The van der Waals surface area contributed by atoms with E-state index < -0.39 is 18.2 Å². The number of nitrogens with one attached hydrogen (secondary N) is 2. The highest BCUT2D eigenvalue weighted by atomic mass is 16.5. The molecule has 190 valence electrons. The van der Waals surface area contributed by atoms with Crippen LogP contribution in [0.5, 0.6) is 5.75 Å². The highest BCUT2D eigenvalue weighted by molar-refractivity contribution is 6.02. The molecule has 2 amide bonds. The summed E-state index contributed by atoms with van der Waals surface area (Å²) < 4.78 is 5.42. The van der Waals surface area contributed by atoms with Gasteiger partial charge in [-0.15, -0.1) is 0 Å². The number of ketones is 1. The number of Topliss-reactive ketones (excluding diaryl/α,β-unsaturated/α-hetero) is 1. The lowest BCUT2D eigenvalue weighted by molar-refractivity contribution is -0.128. The summed E-state index contributed by atoms with van der Waals surface area (Å²) in [5, 5.41) is 23.4. The van der Waals surface area contributed by atoms with Crippen LogP contribution in [0.3, 0.4) is 0 Å². The van der Waals surface area contributed by atoms with Gasteiger partial charge in [0.25, 0.3) is 5.91 Å². The highest BCUT2D eigenvalue weighted by Gasteiger charge is 2.50. The number of carbonyl (C=O) groups excluding carboxylic acids is 3. The van der Waals surface area contributed by atoms with Crippen molar-refractivity contribution < 1.29 is 24.2 Å². The number of H-pyrrole nitrogens is 1. The van der Waals surface area contributed by atoms with Gasteiger partial charge >= 0.3 is 0 Å². The van der Waals surface area contributed by atoms with Crippen LogP contribution in [0, 0.1) is 29.1 Å². The lowest BCUT2D eigenvalue weighted by atomic mass is 9.91. The molecule has 0 radical (unpaired) electrons. The van der Waals surface area contributed by atoms with E-state index in [0.29, 0.717) is 30.8 Å². The Morgan fingerprint density at radius 3 is 2.86 bits per heavy atom. The Balaban J connectivity index is 1.39. The average molecular weight is 493 g/mol. The van der Waals surface area contributed by atoms with Gasteiger partial charge in [-0.05, 0) is 62.1 Å². The van der Waals surface area contributed by atoms with Gasteiger partial charge in [-0.1, -0.05) is 12.5 Å². The number of nitriles is 1. The number of carbonyl (C=O) groups is 3. The van der Waals surface area contributed by atoms with Gasteiger partial charge in [-0.25, -0.2) is 0 Å². The number of aromatic amines is 1. The fourth-order valence-electron chi connectivity index (χ4n) is 6.49. The summed E-state index contributed by atoms with van der Waals surface area (Å²) >= 11 is 0. The molecule has 2 aliphatic carbocycles. The van der Waals surface area contributed by atoms with E-state index in [0.717, 1.165) is 36.6 Å². The van der Waals surface area contributed by atoms with E-state index in [1.807, 2.05) is 24.3 Å². The molecule has 3 aliphatic rings. The zero-order valence-electron chi connectivity index (χ0n) is 20.4. The van der Waals surface area contributed by atoms with Gasteiger partial charge in [0.1, 0.15) is 23.3 Å². The molecule has 5 rings (SSSR count). The second-order valence-corrected chi connectivity index (χ2v) is 10.3. The summed E-state index contributed by atoms with van der Waals surface area (Å²) in [5.41, 5.74) is 1.16. The van der Waals surface area contributed by atoms with Crippen LogP contribution in [0.15, 0.2) is 24.3 Å². The van der Waals surface area contributed by atoms with Crippen molar-refractivity contribution in [3.63, 3.8) is 0 Å². The molecule has 36 heavy (non-hydrogen) atoms. The van der Waals surface area contributed by atoms with Crippen molar-refractivity contribution in [3.05, 3.63) is 30.0 Å². The normalized spacial score (nSPS) is 27.0. The second-order valence-electron chi connectivity index (χ2n) is 10.3. The van der Waals surface area contributed by atoms with Gasteiger partial charge in [0.2, 0.25) is 5.91 Å². The average Bonchev–Trinajstić information content (AvgIpc) is 3.66. The van der Waals surface area contributed by atoms with Crippen LogP contribution in [0.2, 0.25) is 0 Å². The maximum absolute atomic E-state index is 13.7. The third kappa shape index (κ3) is 4.35. The summed E-state index contributed by atoms with van der Waals surface area (Å²) in [7, 11) is 1.58. The lowest BCUT2D eigenvalue weighted by Crippen LogP contribution is -2.54. The fraction of sp³-hybridized carbons (Fsp3) is 0.556. The number of methoxy groups -OCH3 is 1. The molecule has 6 atom stereocenters. The molecule has 2 saturated carbocycles. The summed E-state index contributed by atoms with van der Waals surface area (Å²) in [5.74, 6) is 0.148. The summed E-state index contributed by atoms with van der Waals surface area (Å²) in [4.78, 5) is 44.3. The van der Waals surface area contributed by atoms with Crippen molar-refractivity contribution in [2.75, 3.05) is 13.7 Å². The van der Waals surface area contributed by atoms with E-state index in [1.165, 1.54) is 0 Å². The molecular weight excluding hydrogens is 460 g/mol. The van der Waals surface area contributed by atoms with Crippen LogP contribution in [-0.4, -0.2) is 64.4 Å². The minimum Gasteiger partial charge on any atom is -0.496 e.